The number of methoxy groups -OCH3 is 1. The van der Waals surface area contributed by atoms with Gasteiger partial charge in [-0.1, -0.05) is 0 Å². The van der Waals surface area contributed by atoms with Crippen molar-refractivity contribution in [3.05, 3.63) is 20.8 Å². The van der Waals surface area contributed by atoms with Crippen molar-refractivity contribution in [1.82, 2.24) is 15.2 Å². The Labute approximate surface area is 107 Å². The summed E-state index contributed by atoms with van der Waals surface area (Å²) in [4.78, 5) is 37.4. The van der Waals surface area contributed by atoms with Crippen LogP contribution in [-0.2, 0) is 14.3 Å². The van der Waals surface area contributed by atoms with Crippen LogP contribution in [0.1, 0.15) is 6.42 Å². The number of carbonyl (C=O) groups excluding carboxylic acids is 1. The van der Waals surface area contributed by atoms with Crippen LogP contribution in [-0.4, -0.2) is 54.1 Å². The molecule has 19 heavy (non-hydrogen) atoms. The highest BCUT2D eigenvalue weighted by Gasteiger charge is 2.25. The lowest BCUT2D eigenvalue weighted by atomic mass is 10.2. The molecule has 1 unspecified atom stereocenters. The fourth-order valence-electron chi connectivity index (χ4n) is 1.86. The van der Waals surface area contributed by atoms with Crippen molar-refractivity contribution in [1.29, 1.82) is 0 Å². The lowest BCUT2D eigenvalue weighted by Crippen LogP contribution is -2.46. The highest BCUT2D eigenvalue weighted by Crippen LogP contribution is 2.12. The second kappa shape index (κ2) is 5.65. The smallest absolute Gasteiger partial charge is 0.342 e. The molecule has 1 saturated heterocycles. The summed E-state index contributed by atoms with van der Waals surface area (Å²) in [5.74, 6) is -0.270. The van der Waals surface area contributed by atoms with Crippen molar-refractivity contribution in [3.8, 4) is 0 Å². The molecule has 2 N–H and O–H groups in total. The Hall–Kier alpha value is -2.16. The average Bonchev–Trinajstić information content (AvgIpc) is 2.39. The van der Waals surface area contributed by atoms with E-state index < -0.39 is 11.2 Å². The molecule has 0 aliphatic carbocycles. The molecule has 0 aromatic carbocycles. The topological polar surface area (TPSA) is 117 Å². The number of anilines is 1. The summed E-state index contributed by atoms with van der Waals surface area (Å²) in [6.45, 7) is 1.15. The Balaban J connectivity index is 2.10. The van der Waals surface area contributed by atoms with E-state index in [1.54, 1.807) is 4.90 Å². The zero-order valence-electron chi connectivity index (χ0n) is 10.3. The second-order valence-electron chi connectivity index (χ2n) is 4.05. The van der Waals surface area contributed by atoms with Crippen molar-refractivity contribution < 1.29 is 14.3 Å². The zero-order chi connectivity index (χ0) is 13.8. The first-order valence-electron chi connectivity index (χ1n) is 5.72. The molecule has 0 amide bonds. The third kappa shape index (κ3) is 3.19. The maximum atomic E-state index is 11.6. The van der Waals surface area contributed by atoms with Gasteiger partial charge in [0.15, 0.2) is 0 Å². The van der Waals surface area contributed by atoms with Crippen LogP contribution >= 0.6 is 0 Å². The van der Waals surface area contributed by atoms with Crippen LogP contribution in [0.2, 0.25) is 0 Å². The summed E-state index contributed by atoms with van der Waals surface area (Å²) < 4.78 is 9.98. The van der Waals surface area contributed by atoms with Gasteiger partial charge < -0.3 is 14.4 Å². The number of H-pyrrole nitrogens is 2. The SMILES string of the molecule is COC(=O)CC1CN(c2n[nH]c(=O)[nH]c2=O)CCO1. The van der Waals surface area contributed by atoms with Crippen LogP contribution in [0, 0.1) is 0 Å². The van der Waals surface area contributed by atoms with Crippen LogP contribution < -0.4 is 16.1 Å². The van der Waals surface area contributed by atoms with Crippen LogP contribution in [0.4, 0.5) is 5.82 Å². The molecule has 1 aliphatic heterocycles. The van der Waals surface area contributed by atoms with Gasteiger partial charge in [0.2, 0.25) is 5.82 Å². The molecule has 1 aliphatic rings. The monoisotopic (exact) mass is 270 g/mol. The van der Waals surface area contributed by atoms with E-state index in [0.717, 1.165) is 0 Å². The molecule has 9 nitrogen and oxygen atoms in total. The minimum atomic E-state index is -0.659. The third-order valence-electron chi connectivity index (χ3n) is 2.75. The van der Waals surface area contributed by atoms with Crippen molar-refractivity contribution in [2.24, 2.45) is 0 Å². The summed E-state index contributed by atoms with van der Waals surface area (Å²) in [5.41, 5.74) is -1.23. The number of carbonyl (C=O) groups is 1. The Bertz CT molecular complexity index is 566. The van der Waals surface area contributed by atoms with Crippen LogP contribution in [0.5, 0.6) is 0 Å². The summed E-state index contributed by atoms with van der Waals surface area (Å²) in [7, 11) is 1.30. The van der Waals surface area contributed by atoms with Gasteiger partial charge >= 0.3 is 11.7 Å². The Morgan fingerprint density at radius 3 is 3.05 bits per heavy atom. The number of hydrogen-bond acceptors (Lipinski definition) is 7. The quantitative estimate of drug-likeness (QED) is 0.624. The Kier molecular flexibility index (Phi) is 3.95. The molecule has 2 heterocycles. The number of nitrogens with one attached hydrogen (secondary N) is 2. The van der Waals surface area contributed by atoms with Gasteiger partial charge in [0.1, 0.15) is 0 Å². The van der Waals surface area contributed by atoms with Gasteiger partial charge in [-0.3, -0.25) is 14.6 Å². The molecule has 1 aromatic rings. The minimum Gasteiger partial charge on any atom is -0.469 e. The molecule has 104 valence electrons. The van der Waals surface area contributed by atoms with E-state index in [9.17, 15) is 14.4 Å². The number of ether oxygens (including phenoxy) is 2. The first-order chi connectivity index (χ1) is 9.10. The predicted molar refractivity (Wildman–Crippen MR) is 64.1 cm³/mol. The molecular formula is C10H14N4O5. The summed E-state index contributed by atoms with van der Waals surface area (Å²) >= 11 is 0. The second-order valence-corrected chi connectivity index (χ2v) is 4.05. The number of aromatic amines is 2. The molecule has 0 bridgehead atoms. The van der Waals surface area contributed by atoms with Crippen molar-refractivity contribution >= 4 is 11.8 Å². The largest absolute Gasteiger partial charge is 0.469 e. The normalized spacial score (nSPS) is 19.2. The molecule has 1 aromatic heterocycles. The number of rotatable bonds is 3. The van der Waals surface area contributed by atoms with Crippen molar-refractivity contribution in [2.75, 3.05) is 31.7 Å². The maximum absolute atomic E-state index is 11.6. The summed E-state index contributed by atoms with van der Waals surface area (Å²) in [6, 6.07) is 0. The number of nitrogens with zero attached hydrogens (tertiary/aromatic N) is 2. The maximum Gasteiger partial charge on any atom is 0.342 e. The molecule has 1 fully saturated rings. The van der Waals surface area contributed by atoms with Gasteiger partial charge in [0.05, 0.1) is 26.2 Å². The molecule has 2 rings (SSSR count). The number of esters is 1. The van der Waals surface area contributed by atoms with Crippen molar-refractivity contribution in [2.45, 2.75) is 12.5 Å². The molecule has 1 atom stereocenters. The lowest BCUT2D eigenvalue weighted by Gasteiger charge is -2.32. The predicted octanol–water partition coefficient (Wildman–Crippen LogP) is -1.77. The average molecular weight is 270 g/mol. The van der Waals surface area contributed by atoms with Crippen LogP contribution in [0.25, 0.3) is 0 Å². The molecule has 0 spiro atoms. The Morgan fingerprint density at radius 2 is 2.37 bits per heavy atom. The fourth-order valence-corrected chi connectivity index (χ4v) is 1.86. The Morgan fingerprint density at radius 1 is 1.58 bits per heavy atom. The van der Waals surface area contributed by atoms with E-state index in [1.807, 2.05) is 0 Å². The van der Waals surface area contributed by atoms with Gasteiger partial charge in [-0.25, -0.2) is 9.89 Å². The van der Waals surface area contributed by atoms with Gasteiger partial charge in [0.25, 0.3) is 5.56 Å². The first-order valence-corrected chi connectivity index (χ1v) is 5.72. The highest BCUT2D eigenvalue weighted by molar-refractivity contribution is 5.69. The van der Waals surface area contributed by atoms with E-state index in [0.29, 0.717) is 19.7 Å². The zero-order valence-corrected chi connectivity index (χ0v) is 10.3. The van der Waals surface area contributed by atoms with E-state index in [4.69, 9.17) is 4.74 Å². The molecule has 0 saturated carbocycles. The van der Waals surface area contributed by atoms with E-state index in [1.165, 1.54) is 7.11 Å². The lowest BCUT2D eigenvalue weighted by molar-refractivity contribution is -0.144. The number of hydrogen-bond donors (Lipinski definition) is 2. The summed E-state index contributed by atoms with van der Waals surface area (Å²) in [5, 5.41) is 5.88. The van der Waals surface area contributed by atoms with Crippen LogP contribution in [0.15, 0.2) is 9.59 Å². The third-order valence-corrected chi connectivity index (χ3v) is 2.75. The highest BCUT2D eigenvalue weighted by atomic mass is 16.5. The number of morpholine rings is 1. The van der Waals surface area contributed by atoms with E-state index in [-0.39, 0.29) is 24.3 Å². The minimum absolute atomic E-state index is 0.105. The van der Waals surface area contributed by atoms with Gasteiger partial charge in [-0.2, -0.15) is 0 Å². The van der Waals surface area contributed by atoms with Gasteiger partial charge in [-0.15, -0.1) is 5.10 Å². The fraction of sp³-hybridized carbons (Fsp3) is 0.600. The summed E-state index contributed by atoms with van der Waals surface area (Å²) in [6.07, 6.45) is -0.261. The standard InChI is InChI=1S/C10H14N4O5/c1-18-7(15)4-6-5-14(2-3-19-6)8-9(16)11-10(17)13-12-8/h6H,2-5H2,1H3,(H2,11,13,16,17). The van der Waals surface area contributed by atoms with Crippen LogP contribution in [0.3, 0.4) is 0 Å². The van der Waals surface area contributed by atoms with E-state index in [2.05, 4.69) is 19.9 Å². The van der Waals surface area contributed by atoms with E-state index >= 15 is 0 Å². The molecule has 0 radical (unpaired) electrons. The van der Waals surface area contributed by atoms with Crippen molar-refractivity contribution in [3.63, 3.8) is 0 Å². The molecular weight excluding hydrogens is 256 g/mol. The number of aromatic nitrogens is 3. The van der Waals surface area contributed by atoms with Gasteiger partial charge in [-0.05, 0) is 0 Å². The molecule has 9 heteroatoms. The van der Waals surface area contributed by atoms with Gasteiger partial charge in [0, 0.05) is 13.1 Å². The first kappa shape index (κ1) is 13.3.